The largest absolute Gasteiger partial charge is 0.493 e. The van der Waals surface area contributed by atoms with Crippen LogP contribution in [0.5, 0.6) is 5.88 Å². The van der Waals surface area contributed by atoms with E-state index < -0.39 is 0 Å². The van der Waals surface area contributed by atoms with Gasteiger partial charge in [-0.05, 0) is 19.1 Å². The average Bonchev–Trinajstić information content (AvgIpc) is 2.59. The molecule has 0 atom stereocenters. The van der Waals surface area contributed by atoms with E-state index in [0.29, 0.717) is 16.4 Å². The van der Waals surface area contributed by atoms with Gasteiger partial charge in [-0.2, -0.15) is 5.10 Å². The minimum Gasteiger partial charge on any atom is -0.493 e. The molecular formula is C11H10ClN3O2. The van der Waals surface area contributed by atoms with Crippen molar-refractivity contribution in [1.82, 2.24) is 14.8 Å². The normalized spacial score (nSPS) is 10.5. The zero-order valence-corrected chi connectivity index (χ0v) is 10.1. The van der Waals surface area contributed by atoms with Gasteiger partial charge in [0, 0.05) is 12.6 Å². The highest BCUT2D eigenvalue weighted by Gasteiger charge is 2.19. The number of hydrogen-bond donors (Lipinski definition) is 1. The molecule has 0 amide bonds. The fraction of sp³-hybridized carbons (Fsp3) is 0.182. The molecule has 2 aromatic rings. The van der Waals surface area contributed by atoms with Gasteiger partial charge >= 0.3 is 0 Å². The van der Waals surface area contributed by atoms with Crippen molar-refractivity contribution in [2.45, 2.75) is 6.92 Å². The van der Waals surface area contributed by atoms with Gasteiger partial charge in [-0.25, -0.2) is 9.67 Å². The first-order valence-corrected chi connectivity index (χ1v) is 5.27. The third kappa shape index (κ3) is 2.01. The average molecular weight is 252 g/mol. The minimum absolute atomic E-state index is 0.153. The molecule has 0 aliphatic carbocycles. The molecule has 6 heteroatoms. The summed E-state index contributed by atoms with van der Waals surface area (Å²) in [5.41, 5.74) is 1.07. The predicted molar refractivity (Wildman–Crippen MR) is 62.3 cm³/mol. The summed E-state index contributed by atoms with van der Waals surface area (Å²) in [6, 6.07) is 3.12. The number of aromatic hydroxyl groups is 1. The van der Waals surface area contributed by atoms with Crippen LogP contribution in [0.1, 0.15) is 21.6 Å². The van der Waals surface area contributed by atoms with Crippen LogP contribution in [0.15, 0.2) is 18.3 Å². The number of carbonyl (C=O) groups is 1. The van der Waals surface area contributed by atoms with Crippen molar-refractivity contribution in [3.8, 4) is 5.88 Å². The number of halogens is 1. The molecule has 0 bridgehead atoms. The Hall–Kier alpha value is -1.88. The van der Waals surface area contributed by atoms with Crippen molar-refractivity contribution in [1.29, 1.82) is 0 Å². The monoisotopic (exact) mass is 251 g/mol. The standard InChI is InChI=1S/C11H10ClN3O2/c1-6-7(3-4-9(12)14-6)10(16)8-5-13-15(2)11(8)17/h3-5,17H,1-2H3. The second kappa shape index (κ2) is 4.18. The van der Waals surface area contributed by atoms with Gasteiger partial charge in [-0.15, -0.1) is 0 Å². The van der Waals surface area contributed by atoms with Crippen molar-refractivity contribution < 1.29 is 9.90 Å². The number of rotatable bonds is 2. The molecule has 1 N–H and O–H groups in total. The van der Waals surface area contributed by atoms with E-state index in [9.17, 15) is 9.90 Å². The molecule has 2 rings (SSSR count). The molecule has 0 saturated heterocycles. The number of ketones is 1. The zero-order chi connectivity index (χ0) is 12.6. The fourth-order valence-electron chi connectivity index (χ4n) is 1.51. The smallest absolute Gasteiger partial charge is 0.220 e. The van der Waals surface area contributed by atoms with Gasteiger partial charge < -0.3 is 5.11 Å². The summed E-state index contributed by atoms with van der Waals surface area (Å²) < 4.78 is 1.23. The SMILES string of the molecule is Cc1nc(Cl)ccc1C(=O)c1cnn(C)c1O. The van der Waals surface area contributed by atoms with Crippen LogP contribution >= 0.6 is 11.6 Å². The lowest BCUT2D eigenvalue weighted by Gasteiger charge is -2.03. The Labute approximate surface area is 103 Å². The molecule has 0 aliphatic heterocycles. The van der Waals surface area contributed by atoms with Crippen molar-refractivity contribution in [3.05, 3.63) is 40.3 Å². The van der Waals surface area contributed by atoms with Gasteiger partial charge in [0.15, 0.2) is 0 Å². The summed E-state index contributed by atoms with van der Waals surface area (Å²) in [5.74, 6) is -0.485. The highest BCUT2D eigenvalue weighted by Crippen LogP contribution is 2.21. The van der Waals surface area contributed by atoms with Gasteiger partial charge in [-0.3, -0.25) is 4.79 Å². The van der Waals surface area contributed by atoms with Gasteiger partial charge in [-0.1, -0.05) is 11.6 Å². The van der Waals surface area contributed by atoms with E-state index in [-0.39, 0.29) is 17.2 Å². The zero-order valence-electron chi connectivity index (χ0n) is 9.31. The maximum Gasteiger partial charge on any atom is 0.220 e. The number of aromatic nitrogens is 3. The van der Waals surface area contributed by atoms with Crippen molar-refractivity contribution in [3.63, 3.8) is 0 Å². The van der Waals surface area contributed by atoms with Gasteiger partial charge in [0.1, 0.15) is 10.7 Å². The Kier molecular flexibility index (Phi) is 2.85. The van der Waals surface area contributed by atoms with E-state index >= 15 is 0 Å². The molecular weight excluding hydrogens is 242 g/mol. The second-order valence-electron chi connectivity index (χ2n) is 3.60. The van der Waals surface area contributed by atoms with Crippen LogP contribution in [0.4, 0.5) is 0 Å². The maximum absolute atomic E-state index is 12.1. The summed E-state index contributed by atoms with van der Waals surface area (Å²) in [4.78, 5) is 16.1. The van der Waals surface area contributed by atoms with E-state index in [4.69, 9.17) is 11.6 Å². The van der Waals surface area contributed by atoms with E-state index in [0.717, 1.165) is 0 Å². The second-order valence-corrected chi connectivity index (χ2v) is 3.99. The Bertz CT molecular complexity index is 592. The molecule has 17 heavy (non-hydrogen) atoms. The highest BCUT2D eigenvalue weighted by atomic mass is 35.5. The van der Waals surface area contributed by atoms with E-state index in [1.54, 1.807) is 20.0 Å². The fourth-order valence-corrected chi connectivity index (χ4v) is 1.70. The van der Waals surface area contributed by atoms with Crippen LogP contribution < -0.4 is 0 Å². The van der Waals surface area contributed by atoms with E-state index in [1.807, 2.05) is 0 Å². The molecule has 5 nitrogen and oxygen atoms in total. The Morgan fingerprint density at radius 3 is 2.65 bits per heavy atom. The summed E-state index contributed by atoms with van der Waals surface area (Å²) in [6.07, 6.45) is 1.33. The lowest BCUT2D eigenvalue weighted by atomic mass is 10.1. The first-order chi connectivity index (χ1) is 8.00. The first-order valence-electron chi connectivity index (χ1n) is 4.89. The Morgan fingerprint density at radius 1 is 1.41 bits per heavy atom. The van der Waals surface area contributed by atoms with E-state index in [2.05, 4.69) is 10.1 Å². The topological polar surface area (TPSA) is 68.0 Å². The molecule has 0 saturated carbocycles. The van der Waals surface area contributed by atoms with Crippen molar-refractivity contribution in [2.75, 3.05) is 0 Å². The lowest BCUT2D eigenvalue weighted by molar-refractivity contribution is 0.103. The van der Waals surface area contributed by atoms with Crippen LogP contribution in [-0.4, -0.2) is 25.7 Å². The molecule has 88 valence electrons. The van der Waals surface area contributed by atoms with E-state index in [1.165, 1.54) is 16.9 Å². The maximum atomic E-state index is 12.1. The predicted octanol–water partition coefficient (Wildman–Crippen LogP) is 1.71. The van der Waals surface area contributed by atoms with Crippen LogP contribution in [0, 0.1) is 6.92 Å². The van der Waals surface area contributed by atoms with Crippen LogP contribution in [0.25, 0.3) is 0 Å². The molecule has 0 aliphatic rings. The first kappa shape index (κ1) is 11.6. The third-order valence-electron chi connectivity index (χ3n) is 2.45. The van der Waals surface area contributed by atoms with Crippen LogP contribution in [-0.2, 0) is 7.05 Å². The third-order valence-corrected chi connectivity index (χ3v) is 2.66. The lowest BCUT2D eigenvalue weighted by Crippen LogP contribution is -2.04. The minimum atomic E-state index is -0.322. The molecule has 0 aromatic carbocycles. The van der Waals surface area contributed by atoms with Gasteiger partial charge in [0.05, 0.1) is 11.9 Å². The number of pyridine rings is 1. The number of aryl methyl sites for hydroxylation is 2. The summed E-state index contributed by atoms with van der Waals surface area (Å²) >= 11 is 5.71. The number of nitrogens with zero attached hydrogens (tertiary/aromatic N) is 3. The van der Waals surface area contributed by atoms with Crippen LogP contribution in [0.3, 0.4) is 0 Å². The van der Waals surface area contributed by atoms with Gasteiger partial charge in [0.2, 0.25) is 11.7 Å². The number of carbonyl (C=O) groups excluding carboxylic acids is 1. The summed E-state index contributed by atoms with van der Waals surface area (Å²) in [5, 5.41) is 13.8. The van der Waals surface area contributed by atoms with Crippen LogP contribution in [0.2, 0.25) is 5.15 Å². The van der Waals surface area contributed by atoms with Crippen molar-refractivity contribution in [2.24, 2.45) is 7.05 Å². The highest BCUT2D eigenvalue weighted by molar-refractivity contribution is 6.29. The molecule has 0 spiro atoms. The number of hydrogen-bond acceptors (Lipinski definition) is 4. The quantitative estimate of drug-likeness (QED) is 0.652. The molecule has 0 unspecified atom stereocenters. The van der Waals surface area contributed by atoms with Gasteiger partial charge in [0.25, 0.3) is 0 Å². The Balaban J connectivity index is 2.47. The Morgan fingerprint density at radius 2 is 2.12 bits per heavy atom. The van der Waals surface area contributed by atoms with Crippen molar-refractivity contribution >= 4 is 17.4 Å². The summed E-state index contributed by atoms with van der Waals surface area (Å²) in [6.45, 7) is 1.69. The summed E-state index contributed by atoms with van der Waals surface area (Å²) in [7, 11) is 1.55. The molecule has 2 heterocycles. The molecule has 0 radical (unpaired) electrons. The molecule has 0 fully saturated rings. The molecule has 2 aromatic heterocycles.